The summed E-state index contributed by atoms with van der Waals surface area (Å²) in [6.07, 6.45) is 2.06. The molecule has 0 saturated heterocycles. The third kappa shape index (κ3) is 10.1. The van der Waals surface area contributed by atoms with E-state index in [9.17, 15) is 0 Å². The zero-order valence-corrected chi connectivity index (χ0v) is 37.4. The quantitative estimate of drug-likeness (QED) is 0.0838. The van der Waals surface area contributed by atoms with Crippen LogP contribution in [0.3, 0.4) is 0 Å². The van der Waals surface area contributed by atoms with Crippen LogP contribution >= 0.6 is 0 Å². The molecule has 8 unspecified atom stereocenters. The van der Waals surface area contributed by atoms with Crippen LogP contribution in [0.2, 0.25) is 0 Å². The first-order valence-corrected chi connectivity index (χ1v) is 23.2. The van der Waals surface area contributed by atoms with Gasteiger partial charge in [-0.3, -0.25) is 0 Å². The van der Waals surface area contributed by atoms with Crippen LogP contribution in [0.1, 0.15) is 132 Å². The number of ether oxygens (including phenoxy) is 1. The van der Waals surface area contributed by atoms with Gasteiger partial charge in [0.2, 0.25) is 0 Å². The summed E-state index contributed by atoms with van der Waals surface area (Å²) in [6.45, 7) is 9.52. The Balaban J connectivity index is 1.14. The van der Waals surface area contributed by atoms with E-state index in [0.717, 1.165) is 24.3 Å². The number of hydrogen-bond donors (Lipinski definition) is 0. The minimum Gasteiger partial charge on any atom is -0.457 e. The minimum absolute atomic E-state index is 0.229. The molecule has 0 amide bonds. The van der Waals surface area contributed by atoms with Crippen LogP contribution in [0.4, 0.5) is 0 Å². The highest BCUT2D eigenvalue weighted by Gasteiger charge is 2.37. The summed E-state index contributed by atoms with van der Waals surface area (Å²) in [5.41, 5.74) is 10.9. The lowest BCUT2D eigenvalue weighted by Gasteiger charge is -2.38. The van der Waals surface area contributed by atoms with E-state index in [-0.39, 0.29) is 23.7 Å². The van der Waals surface area contributed by atoms with Gasteiger partial charge < -0.3 is 4.74 Å². The highest BCUT2D eigenvalue weighted by molar-refractivity contribution is 5.44. The van der Waals surface area contributed by atoms with Crippen LogP contribution < -0.4 is 4.74 Å². The molecule has 0 aromatic heterocycles. The van der Waals surface area contributed by atoms with Crippen molar-refractivity contribution >= 4 is 0 Å². The zero-order valence-electron chi connectivity index (χ0n) is 37.4. The van der Waals surface area contributed by atoms with Gasteiger partial charge in [0.25, 0.3) is 0 Å². The van der Waals surface area contributed by atoms with E-state index in [1.807, 2.05) is 0 Å². The molecule has 8 aromatic carbocycles. The fourth-order valence-corrected chi connectivity index (χ4v) is 10.7. The Morgan fingerprint density at radius 3 is 0.778 bits per heavy atom. The molecule has 8 rings (SSSR count). The van der Waals surface area contributed by atoms with Crippen LogP contribution in [0.15, 0.2) is 231 Å². The van der Waals surface area contributed by atoms with Crippen LogP contribution in [-0.4, -0.2) is 0 Å². The topological polar surface area (TPSA) is 9.23 Å². The molecule has 1 nitrogen and oxygen atoms in total. The first-order valence-electron chi connectivity index (χ1n) is 23.2. The van der Waals surface area contributed by atoms with Crippen molar-refractivity contribution in [3.05, 3.63) is 275 Å². The van der Waals surface area contributed by atoms with E-state index in [1.54, 1.807) is 0 Å². The molecule has 8 atom stereocenters. The molecule has 0 aliphatic rings. The molecular formula is C62H62O. The summed E-state index contributed by atoms with van der Waals surface area (Å²) >= 11 is 0. The standard InChI is InChI=1S/C62H62O/c1-5-57(49-29-17-9-18-30-49)61(59(51-33-21-11-22-34-51)45(3)47-25-13-7-14-26-47)53-37-41-55(42-38-53)63-56-43-39-54(40-44-56)62(58(6-2)50-31-19-10-20-32-50)60(52-35-23-12-24-36-52)46(4)48-27-15-8-16-28-48/h7-46,57-62H,5-6H2,1-4H3. The molecule has 0 N–H and O–H groups in total. The summed E-state index contributed by atoms with van der Waals surface area (Å²) < 4.78 is 6.71. The Morgan fingerprint density at radius 1 is 0.270 bits per heavy atom. The summed E-state index contributed by atoms with van der Waals surface area (Å²) in [5, 5.41) is 0. The Bertz CT molecular complexity index is 2340. The largest absolute Gasteiger partial charge is 0.457 e. The average Bonchev–Trinajstić information content (AvgIpc) is 3.36. The zero-order chi connectivity index (χ0) is 43.4. The van der Waals surface area contributed by atoms with Crippen molar-refractivity contribution in [2.75, 3.05) is 0 Å². The lowest BCUT2D eigenvalue weighted by Crippen LogP contribution is -2.23. The first-order chi connectivity index (χ1) is 31.0. The third-order valence-corrected chi connectivity index (χ3v) is 13.8. The molecule has 0 radical (unpaired) electrons. The van der Waals surface area contributed by atoms with E-state index in [1.165, 1.54) is 44.5 Å². The molecule has 0 bridgehead atoms. The van der Waals surface area contributed by atoms with Gasteiger partial charge in [0, 0.05) is 0 Å². The van der Waals surface area contributed by atoms with E-state index >= 15 is 0 Å². The van der Waals surface area contributed by atoms with Gasteiger partial charge >= 0.3 is 0 Å². The van der Waals surface area contributed by atoms with Crippen molar-refractivity contribution in [1.82, 2.24) is 0 Å². The monoisotopic (exact) mass is 822 g/mol. The second kappa shape index (κ2) is 21.1. The number of benzene rings is 8. The van der Waals surface area contributed by atoms with Gasteiger partial charge in [-0.2, -0.15) is 0 Å². The van der Waals surface area contributed by atoms with Gasteiger partial charge in [-0.05, 0) is 129 Å². The Hall–Kier alpha value is -6.44. The highest BCUT2D eigenvalue weighted by Crippen LogP contribution is 2.53. The highest BCUT2D eigenvalue weighted by atomic mass is 16.5. The fraction of sp³-hybridized carbons (Fsp3) is 0.226. The van der Waals surface area contributed by atoms with Crippen molar-refractivity contribution in [3.63, 3.8) is 0 Å². The fourth-order valence-electron chi connectivity index (χ4n) is 10.7. The minimum atomic E-state index is 0.229. The van der Waals surface area contributed by atoms with Crippen molar-refractivity contribution < 1.29 is 4.74 Å². The Kier molecular flexibility index (Phi) is 14.5. The lowest BCUT2D eigenvalue weighted by atomic mass is 9.65. The predicted molar refractivity (Wildman–Crippen MR) is 265 cm³/mol. The van der Waals surface area contributed by atoms with E-state index < -0.39 is 0 Å². The van der Waals surface area contributed by atoms with E-state index in [4.69, 9.17) is 4.74 Å². The summed E-state index contributed by atoms with van der Waals surface area (Å²) in [7, 11) is 0. The van der Waals surface area contributed by atoms with Crippen molar-refractivity contribution in [3.8, 4) is 11.5 Å². The number of rotatable bonds is 18. The number of hydrogen-bond acceptors (Lipinski definition) is 1. The van der Waals surface area contributed by atoms with Gasteiger partial charge in [-0.1, -0.05) is 234 Å². The van der Waals surface area contributed by atoms with Gasteiger partial charge in [-0.25, -0.2) is 0 Å². The van der Waals surface area contributed by atoms with Crippen LogP contribution in [0, 0.1) is 0 Å². The molecule has 0 heterocycles. The molecular weight excluding hydrogens is 761 g/mol. The molecule has 316 valence electrons. The summed E-state index contributed by atoms with van der Waals surface area (Å²) in [4.78, 5) is 0. The maximum Gasteiger partial charge on any atom is 0.127 e. The maximum absolute atomic E-state index is 6.71. The van der Waals surface area contributed by atoms with Crippen molar-refractivity contribution in [2.24, 2.45) is 0 Å². The Morgan fingerprint density at radius 2 is 0.508 bits per heavy atom. The smallest absolute Gasteiger partial charge is 0.127 e. The maximum atomic E-state index is 6.71. The predicted octanol–water partition coefficient (Wildman–Crippen LogP) is 17.2. The first kappa shape index (κ1) is 43.2. The third-order valence-electron chi connectivity index (χ3n) is 13.8. The average molecular weight is 823 g/mol. The summed E-state index contributed by atoms with van der Waals surface area (Å²) in [6, 6.07) is 84.8. The molecule has 0 saturated carbocycles. The SMILES string of the molecule is CCC(c1ccccc1)C(c1ccc(Oc2ccc(C(C(CC)c3ccccc3)C(c3ccccc3)C(C)c3ccccc3)cc2)cc1)C(c1ccccc1)C(C)c1ccccc1. The van der Waals surface area contributed by atoms with Gasteiger partial charge in [0.15, 0.2) is 0 Å². The van der Waals surface area contributed by atoms with E-state index in [0.29, 0.717) is 23.7 Å². The Labute approximate surface area is 377 Å². The van der Waals surface area contributed by atoms with E-state index in [2.05, 4.69) is 258 Å². The van der Waals surface area contributed by atoms with Crippen LogP contribution in [-0.2, 0) is 0 Å². The lowest BCUT2D eigenvalue weighted by molar-refractivity contribution is 0.399. The van der Waals surface area contributed by atoms with Gasteiger partial charge in [0.05, 0.1) is 0 Å². The molecule has 1 heteroatoms. The second-order valence-electron chi connectivity index (χ2n) is 17.4. The molecule has 0 aliphatic heterocycles. The van der Waals surface area contributed by atoms with Gasteiger partial charge in [0.1, 0.15) is 11.5 Å². The molecule has 0 spiro atoms. The van der Waals surface area contributed by atoms with Crippen molar-refractivity contribution in [2.45, 2.75) is 87.9 Å². The normalized spacial score (nSPS) is 15.2. The molecule has 63 heavy (non-hydrogen) atoms. The summed E-state index contributed by atoms with van der Waals surface area (Å²) in [5.74, 6) is 3.87. The molecule has 0 aliphatic carbocycles. The van der Waals surface area contributed by atoms with Crippen LogP contribution in [0.25, 0.3) is 0 Å². The van der Waals surface area contributed by atoms with Gasteiger partial charge in [-0.15, -0.1) is 0 Å². The van der Waals surface area contributed by atoms with Crippen molar-refractivity contribution in [1.29, 1.82) is 0 Å². The molecule has 8 aromatic rings. The second-order valence-corrected chi connectivity index (χ2v) is 17.4. The van der Waals surface area contributed by atoms with Crippen LogP contribution in [0.5, 0.6) is 11.5 Å². The molecule has 0 fully saturated rings.